The SMILES string of the molecule is CC/C=C/CSC[C@H](NC(=O)OC(C)(C)C)C(=O)OC. The Morgan fingerprint density at radius 1 is 1.30 bits per heavy atom. The highest BCUT2D eigenvalue weighted by Gasteiger charge is 2.24. The van der Waals surface area contributed by atoms with Crippen LogP contribution in [0.5, 0.6) is 0 Å². The van der Waals surface area contributed by atoms with Gasteiger partial charge in [0.25, 0.3) is 0 Å². The molecule has 0 heterocycles. The third-order valence-corrected chi connectivity index (χ3v) is 3.07. The third kappa shape index (κ3) is 9.72. The average Bonchev–Trinajstić information content (AvgIpc) is 2.34. The molecule has 0 saturated carbocycles. The molecule has 0 rings (SSSR count). The number of alkyl carbamates (subject to hydrolysis) is 1. The summed E-state index contributed by atoms with van der Waals surface area (Å²) in [5, 5.41) is 2.53. The number of ether oxygens (including phenoxy) is 2. The number of rotatable bonds is 7. The van der Waals surface area contributed by atoms with E-state index in [0.29, 0.717) is 5.75 Å². The van der Waals surface area contributed by atoms with E-state index in [1.165, 1.54) is 7.11 Å². The molecule has 0 saturated heterocycles. The molecule has 0 spiro atoms. The van der Waals surface area contributed by atoms with Crippen molar-refractivity contribution in [1.29, 1.82) is 0 Å². The molecule has 20 heavy (non-hydrogen) atoms. The van der Waals surface area contributed by atoms with Crippen LogP contribution in [-0.4, -0.2) is 42.3 Å². The first-order valence-electron chi connectivity index (χ1n) is 6.60. The monoisotopic (exact) mass is 303 g/mol. The fourth-order valence-electron chi connectivity index (χ4n) is 1.25. The minimum atomic E-state index is -0.699. The molecular weight excluding hydrogens is 278 g/mol. The van der Waals surface area contributed by atoms with Gasteiger partial charge in [0, 0.05) is 11.5 Å². The highest BCUT2D eigenvalue weighted by Crippen LogP contribution is 2.09. The van der Waals surface area contributed by atoms with Crippen molar-refractivity contribution in [2.24, 2.45) is 0 Å². The van der Waals surface area contributed by atoms with Crippen molar-refractivity contribution in [3.8, 4) is 0 Å². The maximum atomic E-state index is 11.7. The molecule has 1 atom stereocenters. The lowest BCUT2D eigenvalue weighted by Crippen LogP contribution is -2.45. The third-order valence-electron chi connectivity index (χ3n) is 2.08. The van der Waals surface area contributed by atoms with Crippen LogP contribution in [0.15, 0.2) is 12.2 Å². The molecule has 6 heteroatoms. The lowest BCUT2D eigenvalue weighted by Gasteiger charge is -2.22. The van der Waals surface area contributed by atoms with E-state index >= 15 is 0 Å². The standard InChI is InChI=1S/C14H25NO4S/c1-6-7-8-9-20-10-11(12(16)18-5)15-13(17)19-14(2,3)4/h7-8,11H,6,9-10H2,1-5H3,(H,15,17)/b8-7+/t11-/m0/s1. The second-order valence-corrected chi connectivity index (χ2v) is 6.21. The van der Waals surface area contributed by atoms with E-state index in [0.717, 1.165) is 12.2 Å². The van der Waals surface area contributed by atoms with Crippen LogP contribution < -0.4 is 5.32 Å². The average molecular weight is 303 g/mol. The van der Waals surface area contributed by atoms with Crippen molar-refractivity contribution in [2.75, 3.05) is 18.6 Å². The predicted molar refractivity (Wildman–Crippen MR) is 81.9 cm³/mol. The van der Waals surface area contributed by atoms with Gasteiger partial charge in [0.2, 0.25) is 0 Å². The van der Waals surface area contributed by atoms with Crippen molar-refractivity contribution in [3.63, 3.8) is 0 Å². The summed E-state index contributed by atoms with van der Waals surface area (Å²) in [7, 11) is 1.30. The molecule has 0 aliphatic rings. The smallest absolute Gasteiger partial charge is 0.408 e. The Balaban J connectivity index is 4.32. The summed E-state index contributed by atoms with van der Waals surface area (Å²) in [5.74, 6) is 0.764. The quantitative estimate of drug-likeness (QED) is 0.445. The molecule has 0 radical (unpaired) electrons. The molecular formula is C14H25NO4S. The Bertz CT molecular complexity index is 337. The summed E-state index contributed by atoms with van der Waals surface area (Å²) in [6, 6.07) is -0.699. The van der Waals surface area contributed by atoms with Gasteiger partial charge in [0.05, 0.1) is 7.11 Å². The lowest BCUT2D eigenvalue weighted by molar-refractivity contribution is -0.142. The minimum absolute atomic E-state index is 0.444. The number of hydrogen-bond donors (Lipinski definition) is 1. The minimum Gasteiger partial charge on any atom is -0.467 e. The number of hydrogen-bond acceptors (Lipinski definition) is 5. The van der Waals surface area contributed by atoms with Gasteiger partial charge in [-0.05, 0) is 27.2 Å². The highest BCUT2D eigenvalue weighted by atomic mass is 32.2. The molecule has 0 bridgehead atoms. The molecule has 0 aliphatic heterocycles. The van der Waals surface area contributed by atoms with E-state index in [1.54, 1.807) is 32.5 Å². The van der Waals surface area contributed by atoms with Crippen molar-refractivity contribution < 1.29 is 19.1 Å². The van der Waals surface area contributed by atoms with E-state index in [-0.39, 0.29) is 0 Å². The molecule has 1 N–H and O–H groups in total. The number of amides is 1. The zero-order chi connectivity index (χ0) is 15.6. The Hall–Kier alpha value is -1.17. The number of thioether (sulfide) groups is 1. The van der Waals surface area contributed by atoms with Gasteiger partial charge in [-0.15, -0.1) is 0 Å². The van der Waals surface area contributed by atoms with Crippen LogP contribution in [0.2, 0.25) is 0 Å². The normalized spacial score (nSPS) is 13.1. The lowest BCUT2D eigenvalue weighted by atomic mass is 10.2. The number of carbonyl (C=O) groups is 2. The topological polar surface area (TPSA) is 64.6 Å². The van der Waals surface area contributed by atoms with Gasteiger partial charge < -0.3 is 14.8 Å². The molecule has 0 aromatic carbocycles. The second-order valence-electron chi connectivity index (χ2n) is 5.14. The Morgan fingerprint density at radius 3 is 2.45 bits per heavy atom. The summed E-state index contributed by atoms with van der Waals surface area (Å²) in [6.45, 7) is 7.36. The van der Waals surface area contributed by atoms with E-state index in [2.05, 4.69) is 23.1 Å². The summed E-state index contributed by atoms with van der Waals surface area (Å²) >= 11 is 1.55. The van der Waals surface area contributed by atoms with Gasteiger partial charge in [0.1, 0.15) is 11.6 Å². The van der Waals surface area contributed by atoms with E-state index < -0.39 is 23.7 Å². The fourth-order valence-corrected chi connectivity index (χ4v) is 2.11. The van der Waals surface area contributed by atoms with Crippen molar-refractivity contribution in [2.45, 2.75) is 45.8 Å². The Labute approximate surface area is 125 Å². The largest absolute Gasteiger partial charge is 0.467 e. The van der Waals surface area contributed by atoms with Crippen molar-refractivity contribution >= 4 is 23.8 Å². The first kappa shape index (κ1) is 18.8. The van der Waals surface area contributed by atoms with Gasteiger partial charge in [0.15, 0.2) is 0 Å². The predicted octanol–water partition coefficient (Wildman–Crippen LogP) is 2.75. The Kier molecular flexibility index (Phi) is 9.12. The summed E-state index contributed by atoms with van der Waals surface area (Å²) in [6.07, 6.45) is 4.46. The maximum Gasteiger partial charge on any atom is 0.408 e. The first-order chi connectivity index (χ1) is 9.30. The number of esters is 1. The Morgan fingerprint density at radius 2 is 1.95 bits per heavy atom. The molecule has 116 valence electrons. The number of nitrogens with one attached hydrogen (secondary N) is 1. The molecule has 0 unspecified atom stereocenters. The van der Waals surface area contributed by atoms with Crippen LogP contribution in [-0.2, 0) is 14.3 Å². The van der Waals surface area contributed by atoms with Gasteiger partial charge in [-0.3, -0.25) is 0 Å². The van der Waals surface area contributed by atoms with Crippen LogP contribution in [0.25, 0.3) is 0 Å². The fraction of sp³-hybridized carbons (Fsp3) is 0.714. The van der Waals surface area contributed by atoms with E-state index in [4.69, 9.17) is 4.74 Å². The van der Waals surface area contributed by atoms with Crippen molar-refractivity contribution in [1.82, 2.24) is 5.32 Å². The summed E-state index contributed by atoms with van der Waals surface area (Å²) in [4.78, 5) is 23.3. The second kappa shape index (κ2) is 9.69. The zero-order valence-electron chi connectivity index (χ0n) is 12.9. The van der Waals surface area contributed by atoms with Crippen molar-refractivity contribution in [3.05, 3.63) is 12.2 Å². The molecule has 0 aromatic rings. The van der Waals surface area contributed by atoms with Gasteiger partial charge in [-0.25, -0.2) is 9.59 Å². The van der Waals surface area contributed by atoms with Gasteiger partial charge >= 0.3 is 12.1 Å². The number of carbonyl (C=O) groups excluding carboxylic acids is 2. The van der Waals surface area contributed by atoms with Crippen LogP contribution >= 0.6 is 11.8 Å². The van der Waals surface area contributed by atoms with E-state index in [1.807, 2.05) is 6.08 Å². The summed E-state index contributed by atoms with van der Waals surface area (Å²) in [5.41, 5.74) is -0.595. The first-order valence-corrected chi connectivity index (χ1v) is 7.75. The number of allylic oxidation sites excluding steroid dienone is 1. The zero-order valence-corrected chi connectivity index (χ0v) is 13.7. The molecule has 5 nitrogen and oxygen atoms in total. The van der Waals surface area contributed by atoms with Crippen LogP contribution in [0.3, 0.4) is 0 Å². The number of methoxy groups -OCH3 is 1. The summed E-state index contributed by atoms with van der Waals surface area (Å²) < 4.78 is 9.81. The highest BCUT2D eigenvalue weighted by molar-refractivity contribution is 7.99. The maximum absolute atomic E-state index is 11.7. The molecule has 0 aromatic heterocycles. The van der Waals surface area contributed by atoms with Crippen LogP contribution in [0, 0.1) is 0 Å². The van der Waals surface area contributed by atoms with Gasteiger partial charge in [-0.1, -0.05) is 19.1 Å². The van der Waals surface area contributed by atoms with Crippen LogP contribution in [0.4, 0.5) is 4.79 Å². The molecule has 0 aliphatic carbocycles. The molecule has 0 fully saturated rings. The molecule has 1 amide bonds. The van der Waals surface area contributed by atoms with E-state index in [9.17, 15) is 9.59 Å². The van der Waals surface area contributed by atoms with Gasteiger partial charge in [-0.2, -0.15) is 11.8 Å². The van der Waals surface area contributed by atoms with Crippen LogP contribution in [0.1, 0.15) is 34.1 Å².